The molecule has 3 rings (SSSR count). The Morgan fingerprint density at radius 2 is 2.07 bits per heavy atom. The molecule has 0 unspecified atom stereocenters. The summed E-state index contributed by atoms with van der Waals surface area (Å²) >= 11 is 1.20. The van der Waals surface area contributed by atoms with Crippen molar-refractivity contribution in [3.05, 3.63) is 29.0 Å². The molecule has 0 aromatic carbocycles. The van der Waals surface area contributed by atoms with Crippen molar-refractivity contribution < 1.29 is 21.4 Å². The van der Waals surface area contributed by atoms with Crippen molar-refractivity contribution in [3.8, 4) is 0 Å². The zero-order valence-electron chi connectivity index (χ0n) is 15.2. The standard InChI is InChI=1S/C16H23N3O5S3/c1-12-16(13(2)24-18-12)26(20,21)17-9-8-14-6-3-4-10-19(14)27(22,23)15-7-5-11-25-15/h5,7,11,14,17H,3-4,6,8-10H2,1-2H3/t14-/m1/s1. The van der Waals surface area contributed by atoms with Gasteiger partial charge in [0.15, 0.2) is 5.76 Å². The van der Waals surface area contributed by atoms with Gasteiger partial charge in [-0.2, -0.15) is 4.31 Å². The number of nitrogens with zero attached hydrogens (tertiary/aromatic N) is 2. The Morgan fingerprint density at radius 3 is 2.70 bits per heavy atom. The molecule has 1 fully saturated rings. The number of piperidine rings is 1. The van der Waals surface area contributed by atoms with Crippen LogP contribution in [0.1, 0.15) is 37.1 Å². The summed E-state index contributed by atoms with van der Waals surface area (Å²) in [7, 11) is -7.29. The van der Waals surface area contributed by atoms with Crippen LogP contribution in [0.2, 0.25) is 0 Å². The van der Waals surface area contributed by atoms with E-state index in [0.717, 1.165) is 19.3 Å². The Morgan fingerprint density at radius 1 is 1.30 bits per heavy atom. The topological polar surface area (TPSA) is 110 Å². The lowest BCUT2D eigenvalue weighted by molar-refractivity contribution is 0.242. The van der Waals surface area contributed by atoms with Crippen molar-refractivity contribution >= 4 is 31.4 Å². The summed E-state index contributed by atoms with van der Waals surface area (Å²) in [6.07, 6.45) is 2.87. The van der Waals surface area contributed by atoms with Gasteiger partial charge in [0.25, 0.3) is 10.0 Å². The summed E-state index contributed by atoms with van der Waals surface area (Å²) < 4.78 is 60.1. The van der Waals surface area contributed by atoms with Crippen LogP contribution < -0.4 is 4.72 Å². The Hall–Kier alpha value is -1.27. The highest BCUT2D eigenvalue weighted by Crippen LogP contribution is 2.29. The van der Waals surface area contributed by atoms with Gasteiger partial charge in [0.05, 0.1) is 0 Å². The number of nitrogens with one attached hydrogen (secondary N) is 1. The minimum Gasteiger partial charge on any atom is -0.360 e. The monoisotopic (exact) mass is 433 g/mol. The molecule has 11 heteroatoms. The van der Waals surface area contributed by atoms with E-state index in [-0.39, 0.29) is 23.2 Å². The molecular formula is C16H23N3O5S3. The normalized spacial score (nSPS) is 19.4. The minimum atomic E-state index is -3.75. The van der Waals surface area contributed by atoms with Crippen LogP contribution in [0.25, 0.3) is 0 Å². The van der Waals surface area contributed by atoms with E-state index in [4.69, 9.17) is 4.52 Å². The molecule has 0 bridgehead atoms. The Labute approximate surface area is 163 Å². The van der Waals surface area contributed by atoms with Crippen LogP contribution >= 0.6 is 11.3 Å². The molecule has 2 aromatic heterocycles. The van der Waals surface area contributed by atoms with Gasteiger partial charge in [-0.25, -0.2) is 21.6 Å². The largest absolute Gasteiger partial charge is 0.360 e. The Bertz CT molecular complexity index is 961. The van der Waals surface area contributed by atoms with Crippen molar-refractivity contribution in [3.63, 3.8) is 0 Å². The van der Waals surface area contributed by atoms with Gasteiger partial charge in [0, 0.05) is 19.1 Å². The third-order valence-corrected chi connectivity index (χ3v) is 9.67. The van der Waals surface area contributed by atoms with Crippen LogP contribution in [0.3, 0.4) is 0 Å². The van der Waals surface area contributed by atoms with Crippen LogP contribution in [0.15, 0.2) is 31.1 Å². The predicted octanol–water partition coefficient (Wildman–Crippen LogP) is 2.26. The molecule has 1 saturated heterocycles. The number of thiophene rings is 1. The van der Waals surface area contributed by atoms with Crippen LogP contribution in [0.5, 0.6) is 0 Å². The second-order valence-corrected chi connectivity index (χ2v) is 11.3. The van der Waals surface area contributed by atoms with E-state index in [1.165, 1.54) is 15.6 Å². The first-order valence-electron chi connectivity index (χ1n) is 8.71. The molecule has 0 saturated carbocycles. The van der Waals surface area contributed by atoms with Crippen molar-refractivity contribution in [2.75, 3.05) is 13.1 Å². The quantitative estimate of drug-likeness (QED) is 0.717. The number of sulfonamides is 2. The number of hydrogen-bond acceptors (Lipinski definition) is 7. The molecule has 1 N–H and O–H groups in total. The van der Waals surface area contributed by atoms with Crippen LogP contribution in [0.4, 0.5) is 0 Å². The lowest BCUT2D eigenvalue weighted by atomic mass is 10.0. The van der Waals surface area contributed by atoms with Crippen molar-refractivity contribution in [2.24, 2.45) is 0 Å². The third-order valence-electron chi connectivity index (χ3n) is 4.64. The molecular weight excluding hydrogens is 410 g/mol. The number of rotatable bonds is 7. The van der Waals surface area contributed by atoms with E-state index >= 15 is 0 Å². The molecule has 0 amide bonds. The highest BCUT2D eigenvalue weighted by molar-refractivity contribution is 7.91. The van der Waals surface area contributed by atoms with E-state index in [1.54, 1.807) is 31.4 Å². The first kappa shape index (κ1) is 20.5. The molecule has 1 aliphatic rings. The van der Waals surface area contributed by atoms with Gasteiger partial charge in [0.1, 0.15) is 14.8 Å². The van der Waals surface area contributed by atoms with Crippen LogP contribution in [-0.4, -0.2) is 45.4 Å². The summed E-state index contributed by atoms with van der Waals surface area (Å²) in [5.41, 5.74) is 0.305. The van der Waals surface area contributed by atoms with E-state index in [2.05, 4.69) is 9.88 Å². The van der Waals surface area contributed by atoms with Gasteiger partial charge in [-0.05, 0) is 44.6 Å². The third kappa shape index (κ3) is 4.27. The summed E-state index contributed by atoms with van der Waals surface area (Å²) in [6, 6.07) is 3.10. The number of hydrogen-bond donors (Lipinski definition) is 1. The van der Waals surface area contributed by atoms with Gasteiger partial charge in [0.2, 0.25) is 10.0 Å². The predicted molar refractivity (Wildman–Crippen MR) is 102 cm³/mol. The zero-order valence-corrected chi connectivity index (χ0v) is 17.7. The maximum Gasteiger partial charge on any atom is 0.252 e. The average molecular weight is 434 g/mol. The zero-order chi connectivity index (χ0) is 19.7. The summed E-state index contributed by atoms with van der Waals surface area (Å²) in [5, 5.41) is 5.41. The van der Waals surface area contributed by atoms with Gasteiger partial charge in [-0.1, -0.05) is 17.6 Å². The highest BCUT2D eigenvalue weighted by Gasteiger charge is 2.34. The maximum atomic E-state index is 12.9. The van der Waals surface area contributed by atoms with E-state index in [0.29, 0.717) is 22.9 Å². The van der Waals surface area contributed by atoms with Crippen molar-refractivity contribution in [1.82, 2.24) is 14.2 Å². The second kappa shape index (κ2) is 8.00. The van der Waals surface area contributed by atoms with E-state index in [1.807, 2.05) is 0 Å². The van der Waals surface area contributed by atoms with Crippen molar-refractivity contribution in [2.45, 2.75) is 54.7 Å². The lowest BCUT2D eigenvalue weighted by Crippen LogP contribution is -2.44. The van der Waals surface area contributed by atoms with Gasteiger partial charge < -0.3 is 4.52 Å². The SMILES string of the molecule is Cc1noc(C)c1S(=O)(=O)NCC[C@H]1CCCCN1S(=O)(=O)c1cccs1. The fourth-order valence-corrected chi connectivity index (χ4v) is 7.61. The van der Waals surface area contributed by atoms with Gasteiger partial charge in [-0.3, -0.25) is 0 Å². The summed E-state index contributed by atoms with van der Waals surface area (Å²) in [6.45, 7) is 3.72. The number of aryl methyl sites for hydroxylation is 2. The minimum absolute atomic E-state index is 0.0502. The Balaban J connectivity index is 1.69. The van der Waals surface area contributed by atoms with Crippen molar-refractivity contribution in [1.29, 1.82) is 0 Å². The first-order chi connectivity index (χ1) is 12.7. The molecule has 1 atom stereocenters. The van der Waals surface area contributed by atoms with Gasteiger partial charge >= 0.3 is 0 Å². The second-order valence-electron chi connectivity index (χ2n) is 6.54. The average Bonchev–Trinajstić information content (AvgIpc) is 3.26. The number of aromatic nitrogens is 1. The van der Waals surface area contributed by atoms with E-state index < -0.39 is 20.0 Å². The molecule has 0 spiro atoms. The first-order valence-corrected chi connectivity index (χ1v) is 12.5. The summed E-state index contributed by atoms with van der Waals surface area (Å²) in [5.74, 6) is 0.236. The molecule has 150 valence electrons. The smallest absolute Gasteiger partial charge is 0.252 e. The molecule has 0 aliphatic carbocycles. The molecule has 27 heavy (non-hydrogen) atoms. The fourth-order valence-electron chi connectivity index (χ4n) is 3.40. The Kier molecular flexibility index (Phi) is 6.06. The molecule has 1 aliphatic heterocycles. The summed E-state index contributed by atoms with van der Waals surface area (Å²) in [4.78, 5) is 0.0502. The van der Waals surface area contributed by atoms with Crippen LogP contribution in [-0.2, 0) is 20.0 Å². The van der Waals surface area contributed by atoms with E-state index in [9.17, 15) is 16.8 Å². The molecule has 8 nitrogen and oxygen atoms in total. The highest BCUT2D eigenvalue weighted by atomic mass is 32.2. The maximum absolute atomic E-state index is 12.9. The van der Waals surface area contributed by atoms with Gasteiger partial charge in [-0.15, -0.1) is 11.3 Å². The fraction of sp³-hybridized carbons (Fsp3) is 0.562. The molecule has 3 heterocycles. The van der Waals surface area contributed by atoms with Crippen LogP contribution in [0, 0.1) is 13.8 Å². The molecule has 0 radical (unpaired) electrons. The lowest BCUT2D eigenvalue weighted by Gasteiger charge is -2.34. The molecule has 2 aromatic rings.